The highest BCUT2D eigenvalue weighted by atomic mass is 16.5. The average Bonchev–Trinajstić information content (AvgIpc) is 2.59. The van der Waals surface area contributed by atoms with Crippen molar-refractivity contribution in [3.8, 4) is 5.88 Å². The van der Waals surface area contributed by atoms with Crippen LogP contribution in [0.4, 0.5) is 0 Å². The molecule has 0 bridgehead atoms. The number of carbonyl (C=O) groups is 1. The third-order valence-electron chi connectivity index (χ3n) is 1.89. The van der Waals surface area contributed by atoms with Crippen LogP contribution in [0.15, 0.2) is 24.5 Å². The van der Waals surface area contributed by atoms with Gasteiger partial charge in [-0.25, -0.2) is 4.52 Å². The normalized spacial score (nSPS) is 10.5. The number of hydrogen-bond donors (Lipinski definition) is 0. The minimum atomic E-state index is -0.263. The van der Waals surface area contributed by atoms with Crippen LogP contribution in [-0.4, -0.2) is 20.6 Å². The molecule has 0 aliphatic heterocycles. The summed E-state index contributed by atoms with van der Waals surface area (Å²) in [7, 11) is 0. The summed E-state index contributed by atoms with van der Waals surface area (Å²) in [6.45, 7) is 1.92. The Morgan fingerprint density at radius 2 is 2.47 bits per heavy atom. The molecule has 0 fully saturated rings. The number of fused-ring (bicyclic) bond motifs is 1. The molecule has 2 rings (SSSR count). The van der Waals surface area contributed by atoms with Crippen LogP contribution in [-0.2, 0) is 4.79 Å². The summed E-state index contributed by atoms with van der Waals surface area (Å²) in [5, 5.41) is 4.02. The smallest absolute Gasteiger partial charge is 0.312 e. The predicted octanol–water partition coefficient (Wildman–Crippen LogP) is 1.43. The van der Waals surface area contributed by atoms with Crippen molar-refractivity contribution >= 4 is 11.6 Å². The van der Waals surface area contributed by atoms with E-state index in [1.165, 1.54) is 0 Å². The lowest BCUT2D eigenvalue weighted by molar-refractivity contribution is -0.134. The molecule has 0 atom stereocenters. The van der Waals surface area contributed by atoms with E-state index in [4.69, 9.17) is 4.74 Å². The van der Waals surface area contributed by atoms with Gasteiger partial charge in [0.1, 0.15) is 0 Å². The zero-order valence-electron chi connectivity index (χ0n) is 8.38. The van der Waals surface area contributed by atoms with Gasteiger partial charge in [-0.3, -0.25) is 4.79 Å². The highest BCUT2D eigenvalue weighted by Crippen LogP contribution is 2.10. The molecule has 0 aliphatic rings. The molecule has 0 saturated heterocycles. The summed E-state index contributed by atoms with van der Waals surface area (Å²) in [6, 6.07) is 3.57. The Morgan fingerprint density at radius 1 is 1.60 bits per heavy atom. The van der Waals surface area contributed by atoms with Gasteiger partial charge in [0.2, 0.25) is 5.88 Å². The first-order valence-electron chi connectivity index (χ1n) is 4.80. The number of imidazole rings is 1. The van der Waals surface area contributed by atoms with Crippen molar-refractivity contribution in [1.82, 2.24) is 14.6 Å². The van der Waals surface area contributed by atoms with E-state index in [0.29, 0.717) is 17.9 Å². The lowest BCUT2D eigenvalue weighted by Gasteiger charge is -1.96. The number of rotatable bonds is 3. The van der Waals surface area contributed by atoms with Crippen molar-refractivity contribution in [2.75, 3.05) is 0 Å². The highest BCUT2D eigenvalue weighted by Gasteiger charge is 2.07. The van der Waals surface area contributed by atoms with Crippen LogP contribution >= 0.6 is 0 Å². The van der Waals surface area contributed by atoms with Crippen molar-refractivity contribution in [3.05, 3.63) is 24.5 Å². The van der Waals surface area contributed by atoms with Crippen LogP contribution in [0.3, 0.4) is 0 Å². The first-order chi connectivity index (χ1) is 7.29. The molecule has 2 aromatic heterocycles. The second-order valence-electron chi connectivity index (χ2n) is 3.13. The van der Waals surface area contributed by atoms with Gasteiger partial charge in [0, 0.05) is 12.6 Å². The number of hydrogen-bond acceptors (Lipinski definition) is 4. The first kappa shape index (κ1) is 9.64. The molecule has 0 radical (unpaired) electrons. The molecule has 0 aliphatic carbocycles. The van der Waals surface area contributed by atoms with Gasteiger partial charge >= 0.3 is 5.97 Å². The molecule has 0 amide bonds. The van der Waals surface area contributed by atoms with Crippen LogP contribution in [0.2, 0.25) is 0 Å². The number of aromatic nitrogens is 3. The van der Waals surface area contributed by atoms with E-state index in [1.54, 1.807) is 29.0 Å². The average molecular weight is 205 g/mol. The molecule has 0 N–H and O–H groups in total. The third kappa shape index (κ3) is 2.12. The van der Waals surface area contributed by atoms with Gasteiger partial charge in [-0.05, 0) is 18.6 Å². The molecule has 2 aromatic rings. The van der Waals surface area contributed by atoms with E-state index < -0.39 is 0 Å². The second kappa shape index (κ2) is 4.08. The minimum absolute atomic E-state index is 0.263. The monoisotopic (exact) mass is 205 g/mol. The first-order valence-corrected chi connectivity index (χ1v) is 4.80. The third-order valence-corrected chi connectivity index (χ3v) is 1.89. The lowest BCUT2D eigenvalue weighted by atomic mass is 10.3. The quantitative estimate of drug-likeness (QED) is 0.711. The molecule has 0 spiro atoms. The number of ether oxygens (including phenoxy) is 1. The van der Waals surface area contributed by atoms with Gasteiger partial charge in [-0.15, -0.1) is 0 Å². The van der Waals surface area contributed by atoms with Crippen LogP contribution in [0.5, 0.6) is 5.88 Å². The molecule has 0 unspecified atom stereocenters. The summed E-state index contributed by atoms with van der Waals surface area (Å²) in [4.78, 5) is 15.3. The molecule has 5 nitrogen and oxygen atoms in total. The largest absolute Gasteiger partial charge is 0.406 e. The second-order valence-corrected chi connectivity index (χ2v) is 3.13. The van der Waals surface area contributed by atoms with Gasteiger partial charge in [0.15, 0.2) is 5.65 Å². The zero-order chi connectivity index (χ0) is 10.7. The zero-order valence-corrected chi connectivity index (χ0v) is 8.38. The van der Waals surface area contributed by atoms with Crippen LogP contribution in [0.1, 0.15) is 19.8 Å². The molecule has 0 aromatic carbocycles. The number of esters is 1. The summed E-state index contributed by atoms with van der Waals surface area (Å²) in [6.07, 6.45) is 4.40. The van der Waals surface area contributed by atoms with Gasteiger partial charge in [-0.2, -0.15) is 10.1 Å². The number of carbonyl (C=O) groups excluding carboxylic acids is 1. The summed E-state index contributed by atoms with van der Waals surface area (Å²) in [5.41, 5.74) is 0.664. The van der Waals surface area contributed by atoms with Crippen molar-refractivity contribution < 1.29 is 9.53 Å². The van der Waals surface area contributed by atoms with E-state index in [1.807, 2.05) is 6.92 Å². The Bertz CT molecular complexity index is 445. The Kier molecular flexibility index (Phi) is 2.62. The Morgan fingerprint density at radius 3 is 3.20 bits per heavy atom. The maximum absolute atomic E-state index is 11.2. The molecular formula is C10H11N3O2. The van der Waals surface area contributed by atoms with Crippen molar-refractivity contribution in [2.45, 2.75) is 19.8 Å². The van der Waals surface area contributed by atoms with Gasteiger partial charge in [-0.1, -0.05) is 6.92 Å². The van der Waals surface area contributed by atoms with Crippen molar-refractivity contribution in [3.63, 3.8) is 0 Å². The van der Waals surface area contributed by atoms with Crippen molar-refractivity contribution in [1.29, 1.82) is 0 Å². The fourth-order valence-corrected chi connectivity index (χ4v) is 1.23. The topological polar surface area (TPSA) is 56.5 Å². The van der Waals surface area contributed by atoms with Crippen LogP contribution in [0.25, 0.3) is 5.65 Å². The molecule has 2 heterocycles. The highest BCUT2D eigenvalue weighted by molar-refractivity contribution is 5.71. The fraction of sp³-hybridized carbons (Fsp3) is 0.300. The number of nitrogens with zero attached hydrogens (tertiary/aromatic N) is 3. The van der Waals surface area contributed by atoms with Gasteiger partial charge in [0.05, 0.1) is 6.20 Å². The van der Waals surface area contributed by atoms with E-state index in [2.05, 4.69) is 10.1 Å². The van der Waals surface area contributed by atoms with Crippen molar-refractivity contribution in [2.24, 2.45) is 0 Å². The van der Waals surface area contributed by atoms with E-state index in [0.717, 1.165) is 6.42 Å². The Labute approximate surface area is 86.7 Å². The molecule has 15 heavy (non-hydrogen) atoms. The summed E-state index contributed by atoms with van der Waals surface area (Å²) >= 11 is 0. The maximum Gasteiger partial charge on any atom is 0.312 e. The van der Waals surface area contributed by atoms with E-state index in [9.17, 15) is 4.79 Å². The molecule has 5 heteroatoms. The SMILES string of the molecule is CCCC(=O)Oc1cn2ncccc2n1. The van der Waals surface area contributed by atoms with Crippen LogP contribution < -0.4 is 4.74 Å². The minimum Gasteiger partial charge on any atom is -0.406 e. The Balaban J connectivity index is 2.18. The maximum atomic E-state index is 11.2. The standard InChI is InChI=1S/C10H11N3O2/c1-2-4-10(14)15-9-7-13-8(12-9)5-3-6-11-13/h3,5-7H,2,4H2,1H3. The molecular weight excluding hydrogens is 194 g/mol. The van der Waals surface area contributed by atoms with Crippen LogP contribution in [0, 0.1) is 0 Å². The molecule has 0 saturated carbocycles. The predicted molar refractivity (Wildman–Crippen MR) is 53.5 cm³/mol. The Hall–Kier alpha value is -1.91. The van der Waals surface area contributed by atoms with E-state index >= 15 is 0 Å². The summed E-state index contributed by atoms with van der Waals surface area (Å²) < 4.78 is 6.59. The lowest BCUT2D eigenvalue weighted by Crippen LogP contribution is -2.06. The molecule has 78 valence electrons. The summed E-state index contributed by atoms with van der Waals surface area (Å²) in [5.74, 6) is 0.0352. The fourth-order valence-electron chi connectivity index (χ4n) is 1.23. The van der Waals surface area contributed by atoms with E-state index in [-0.39, 0.29) is 5.97 Å². The van der Waals surface area contributed by atoms with Gasteiger partial charge < -0.3 is 4.74 Å². The van der Waals surface area contributed by atoms with Gasteiger partial charge in [0.25, 0.3) is 0 Å².